The number of ether oxygens (including phenoxy) is 1. The van der Waals surface area contributed by atoms with Crippen LogP contribution in [0, 0.1) is 5.82 Å². The van der Waals surface area contributed by atoms with E-state index in [1.54, 1.807) is 15.5 Å². The Morgan fingerprint density at radius 2 is 1.97 bits per heavy atom. The highest BCUT2D eigenvalue weighted by Crippen LogP contribution is 2.21. The molecule has 0 saturated heterocycles. The Hall–Kier alpha value is -3.62. The smallest absolute Gasteiger partial charge is 0.346 e. The van der Waals surface area contributed by atoms with Crippen molar-refractivity contribution in [3.8, 4) is 5.75 Å². The maximum absolute atomic E-state index is 13.8. The summed E-state index contributed by atoms with van der Waals surface area (Å²) in [7, 11) is 1.38. The SMILES string of the molecule is COc1ccc(NC(=O)N2CCc3nn(Cc4ccccc4)c(=O)n3CC2)cc1F. The predicted molar refractivity (Wildman–Crippen MR) is 109 cm³/mol. The molecule has 1 N–H and O–H groups in total. The van der Waals surface area contributed by atoms with Gasteiger partial charge in [0.2, 0.25) is 0 Å². The number of aromatic nitrogens is 3. The van der Waals surface area contributed by atoms with E-state index < -0.39 is 5.82 Å². The van der Waals surface area contributed by atoms with Crippen molar-refractivity contribution in [2.45, 2.75) is 19.5 Å². The van der Waals surface area contributed by atoms with Crippen LogP contribution in [0.3, 0.4) is 0 Å². The van der Waals surface area contributed by atoms with Crippen LogP contribution in [0.25, 0.3) is 0 Å². The minimum absolute atomic E-state index is 0.111. The number of halogens is 1. The second kappa shape index (κ2) is 8.40. The van der Waals surface area contributed by atoms with E-state index in [0.717, 1.165) is 5.56 Å². The highest BCUT2D eigenvalue weighted by molar-refractivity contribution is 5.89. The van der Waals surface area contributed by atoms with Gasteiger partial charge >= 0.3 is 11.7 Å². The molecule has 2 amide bonds. The van der Waals surface area contributed by atoms with Crippen LogP contribution in [0.5, 0.6) is 5.75 Å². The third kappa shape index (κ3) is 4.05. The third-order valence-electron chi connectivity index (χ3n) is 5.06. The molecule has 1 aliphatic rings. The minimum atomic E-state index is -0.551. The molecular weight excluding hydrogens is 389 g/mol. The Balaban J connectivity index is 1.42. The lowest BCUT2D eigenvalue weighted by atomic mass is 10.2. The molecule has 0 spiro atoms. The summed E-state index contributed by atoms with van der Waals surface area (Å²) in [6, 6.07) is 13.6. The summed E-state index contributed by atoms with van der Waals surface area (Å²) < 4.78 is 21.8. The standard InChI is InChI=1S/C21H22FN5O3/c1-30-18-8-7-16(13-17(18)22)23-20(28)25-10-9-19-24-27(21(29)26(19)12-11-25)14-15-5-3-2-4-6-15/h2-8,13H,9-12,14H2,1H3,(H,23,28). The predicted octanol–water partition coefficient (Wildman–Crippen LogP) is 2.33. The van der Waals surface area contributed by atoms with Crippen LogP contribution in [-0.2, 0) is 19.5 Å². The fourth-order valence-electron chi connectivity index (χ4n) is 3.47. The van der Waals surface area contributed by atoms with Crippen molar-refractivity contribution in [3.05, 3.63) is 76.2 Å². The summed E-state index contributed by atoms with van der Waals surface area (Å²) >= 11 is 0. The molecule has 0 unspecified atom stereocenters. The highest BCUT2D eigenvalue weighted by atomic mass is 19.1. The number of anilines is 1. The number of nitrogens with one attached hydrogen (secondary N) is 1. The van der Waals surface area contributed by atoms with Crippen LogP contribution >= 0.6 is 0 Å². The van der Waals surface area contributed by atoms with Crippen LogP contribution in [0.2, 0.25) is 0 Å². The monoisotopic (exact) mass is 411 g/mol. The van der Waals surface area contributed by atoms with Gasteiger partial charge in [-0.1, -0.05) is 30.3 Å². The van der Waals surface area contributed by atoms with E-state index in [4.69, 9.17) is 4.74 Å². The zero-order valence-electron chi connectivity index (χ0n) is 16.5. The van der Waals surface area contributed by atoms with Gasteiger partial charge in [-0.15, -0.1) is 0 Å². The second-order valence-corrected chi connectivity index (χ2v) is 7.01. The van der Waals surface area contributed by atoms with Crippen molar-refractivity contribution in [1.82, 2.24) is 19.2 Å². The van der Waals surface area contributed by atoms with Crippen LogP contribution < -0.4 is 15.7 Å². The van der Waals surface area contributed by atoms with E-state index in [-0.39, 0.29) is 17.5 Å². The maximum atomic E-state index is 13.8. The number of methoxy groups -OCH3 is 1. The number of hydrogen-bond donors (Lipinski definition) is 1. The van der Waals surface area contributed by atoms with Gasteiger partial charge < -0.3 is 15.0 Å². The van der Waals surface area contributed by atoms with Crippen molar-refractivity contribution in [1.29, 1.82) is 0 Å². The molecule has 9 heteroatoms. The molecule has 2 heterocycles. The molecule has 3 aromatic rings. The molecular formula is C21H22FN5O3. The minimum Gasteiger partial charge on any atom is -0.494 e. The molecule has 8 nitrogen and oxygen atoms in total. The Morgan fingerprint density at radius 3 is 2.70 bits per heavy atom. The molecule has 30 heavy (non-hydrogen) atoms. The van der Waals surface area contributed by atoms with E-state index >= 15 is 0 Å². The first kappa shape index (κ1) is 19.7. The summed E-state index contributed by atoms with van der Waals surface area (Å²) in [5, 5.41) is 7.15. The zero-order chi connectivity index (χ0) is 21.1. The quantitative estimate of drug-likeness (QED) is 0.715. The topological polar surface area (TPSA) is 81.4 Å². The van der Waals surface area contributed by atoms with Gasteiger partial charge in [0.05, 0.1) is 13.7 Å². The first-order valence-corrected chi connectivity index (χ1v) is 9.65. The Morgan fingerprint density at radius 1 is 1.17 bits per heavy atom. The number of hydrogen-bond acceptors (Lipinski definition) is 4. The number of benzene rings is 2. The third-order valence-corrected chi connectivity index (χ3v) is 5.06. The average Bonchev–Trinajstić information content (AvgIpc) is 2.90. The fourth-order valence-corrected chi connectivity index (χ4v) is 3.47. The van der Waals surface area contributed by atoms with E-state index in [2.05, 4.69) is 10.4 Å². The summed E-state index contributed by atoms with van der Waals surface area (Å²) in [6.07, 6.45) is 0.460. The lowest BCUT2D eigenvalue weighted by Crippen LogP contribution is -2.38. The Bertz CT molecular complexity index is 1110. The molecule has 0 atom stereocenters. The number of carbonyl (C=O) groups is 1. The summed E-state index contributed by atoms with van der Waals surface area (Å²) in [6.45, 7) is 1.53. The Kier molecular flexibility index (Phi) is 5.51. The van der Waals surface area contributed by atoms with Crippen LogP contribution in [0.1, 0.15) is 11.4 Å². The van der Waals surface area contributed by atoms with E-state index in [1.807, 2.05) is 30.3 Å². The molecule has 1 aliphatic heterocycles. The molecule has 0 bridgehead atoms. The first-order chi connectivity index (χ1) is 14.5. The normalized spacial score (nSPS) is 13.5. The summed E-state index contributed by atoms with van der Waals surface area (Å²) in [5.41, 5.74) is 1.15. The molecule has 4 rings (SSSR count). The van der Waals surface area contributed by atoms with Gasteiger partial charge in [-0.25, -0.2) is 18.7 Å². The second-order valence-electron chi connectivity index (χ2n) is 7.01. The van der Waals surface area contributed by atoms with Gasteiger partial charge in [-0.2, -0.15) is 5.10 Å². The maximum Gasteiger partial charge on any atom is 0.346 e. The average molecular weight is 411 g/mol. The zero-order valence-corrected chi connectivity index (χ0v) is 16.5. The van der Waals surface area contributed by atoms with Crippen molar-refractivity contribution in [2.24, 2.45) is 0 Å². The van der Waals surface area contributed by atoms with Crippen molar-refractivity contribution < 1.29 is 13.9 Å². The van der Waals surface area contributed by atoms with Crippen LogP contribution in [0.4, 0.5) is 14.9 Å². The first-order valence-electron chi connectivity index (χ1n) is 9.65. The molecule has 0 saturated carbocycles. The number of fused-ring (bicyclic) bond motifs is 1. The van der Waals surface area contributed by atoms with Crippen molar-refractivity contribution >= 4 is 11.7 Å². The lowest BCUT2D eigenvalue weighted by molar-refractivity contribution is 0.212. The lowest BCUT2D eigenvalue weighted by Gasteiger charge is -2.20. The van der Waals surface area contributed by atoms with Gasteiger partial charge in [0.15, 0.2) is 11.6 Å². The largest absolute Gasteiger partial charge is 0.494 e. The fraction of sp³-hybridized carbons (Fsp3) is 0.286. The number of carbonyl (C=O) groups excluding carboxylic acids is 1. The van der Waals surface area contributed by atoms with Gasteiger partial charge in [-0.05, 0) is 17.7 Å². The summed E-state index contributed by atoms with van der Waals surface area (Å²) in [5.74, 6) is 0.215. The van der Waals surface area contributed by atoms with E-state index in [1.165, 1.54) is 23.9 Å². The van der Waals surface area contributed by atoms with Crippen molar-refractivity contribution in [3.63, 3.8) is 0 Å². The van der Waals surface area contributed by atoms with Crippen molar-refractivity contribution in [2.75, 3.05) is 25.5 Å². The molecule has 2 aromatic carbocycles. The molecule has 1 aromatic heterocycles. The number of urea groups is 1. The van der Waals surface area contributed by atoms with Gasteiger partial charge in [0, 0.05) is 37.8 Å². The number of amides is 2. The van der Waals surface area contributed by atoms with Crippen LogP contribution in [-0.4, -0.2) is 45.5 Å². The molecule has 156 valence electrons. The van der Waals surface area contributed by atoms with E-state index in [0.29, 0.717) is 44.1 Å². The van der Waals surface area contributed by atoms with E-state index in [9.17, 15) is 14.0 Å². The van der Waals surface area contributed by atoms with Gasteiger partial charge in [-0.3, -0.25) is 4.57 Å². The van der Waals surface area contributed by atoms with Gasteiger partial charge in [0.25, 0.3) is 0 Å². The molecule has 0 aliphatic carbocycles. The molecule has 0 fully saturated rings. The van der Waals surface area contributed by atoms with Gasteiger partial charge in [0.1, 0.15) is 5.82 Å². The highest BCUT2D eigenvalue weighted by Gasteiger charge is 2.22. The molecule has 0 radical (unpaired) electrons. The number of nitrogens with zero attached hydrogens (tertiary/aromatic N) is 4. The van der Waals surface area contributed by atoms with Crippen LogP contribution in [0.15, 0.2) is 53.3 Å². The Labute approximate surface area is 172 Å². The number of rotatable bonds is 4. The summed E-state index contributed by atoms with van der Waals surface area (Å²) in [4.78, 5) is 26.9.